The van der Waals surface area contributed by atoms with E-state index in [1.54, 1.807) is 0 Å². The van der Waals surface area contributed by atoms with E-state index in [0.29, 0.717) is 19.1 Å². The highest BCUT2D eigenvalue weighted by molar-refractivity contribution is 5.76. The Balaban J connectivity index is 1.02. The van der Waals surface area contributed by atoms with Crippen molar-refractivity contribution in [3.63, 3.8) is 0 Å². The average Bonchev–Trinajstić information content (AvgIpc) is 3.18. The first-order chi connectivity index (χ1) is 15.7. The highest BCUT2D eigenvalue weighted by atomic mass is 16.6. The van der Waals surface area contributed by atoms with Crippen molar-refractivity contribution in [2.24, 2.45) is 5.92 Å². The first-order valence-corrected chi connectivity index (χ1v) is 11.9. The molecule has 2 saturated heterocycles. The smallest absolute Gasteiger partial charge is 0.320 e. The summed E-state index contributed by atoms with van der Waals surface area (Å²) in [5.41, 5.74) is 1.20. The minimum Gasteiger partial charge on any atom is -0.486 e. The normalized spacial score (nSPS) is 21.9. The summed E-state index contributed by atoms with van der Waals surface area (Å²) in [5, 5.41) is 0. The third-order valence-electron chi connectivity index (χ3n) is 6.94. The van der Waals surface area contributed by atoms with Gasteiger partial charge in [0.25, 0.3) is 0 Å². The van der Waals surface area contributed by atoms with Crippen LogP contribution in [0.2, 0.25) is 0 Å². The molecule has 0 bridgehead atoms. The van der Waals surface area contributed by atoms with Crippen molar-refractivity contribution in [1.82, 2.24) is 14.7 Å². The van der Waals surface area contributed by atoms with Crippen LogP contribution in [0.1, 0.15) is 24.8 Å². The lowest BCUT2D eigenvalue weighted by molar-refractivity contribution is 0.0468. The maximum Gasteiger partial charge on any atom is 0.320 e. The van der Waals surface area contributed by atoms with Crippen LogP contribution >= 0.6 is 0 Å². The SMILES string of the molecule is O=C1N(CCC2CCN(CC3COc4ccccc4O3)CC2)CCN1Cc1ccccc1. The van der Waals surface area contributed by atoms with Gasteiger partial charge in [0.15, 0.2) is 11.5 Å². The monoisotopic (exact) mass is 435 g/mol. The number of carbonyl (C=O) groups excluding carboxylic acids is 1. The summed E-state index contributed by atoms with van der Waals surface area (Å²) in [6, 6.07) is 18.4. The fourth-order valence-corrected chi connectivity index (χ4v) is 5.03. The van der Waals surface area contributed by atoms with Crippen molar-refractivity contribution in [2.75, 3.05) is 45.9 Å². The van der Waals surface area contributed by atoms with Crippen LogP contribution < -0.4 is 9.47 Å². The van der Waals surface area contributed by atoms with Gasteiger partial charge in [-0.05, 0) is 56.0 Å². The molecule has 0 spiro atoms. The molecule has 0 aromatic heterocycles. The van der Waals surface area contributed by atoms with Gasteiger partial charge in [-0.3, -0.25) is 4.90 Å². The van der Waals surface area contributed by atoms with Crippen LogP contribution in [0.5, 0.6) is 11.5 Å². The number of nitrogens with zero attached hydrogens (tertiary/aromatic N) is 3. The number of hydrogen-bond donors (Lipinski definition) is 0. The molecule has 2 aromatic rings. The van der Waals surface area contributed by atoms with Gasteiger partial charge in [-0.2, -0.15) is 0 Å². The van der Waals surface area contributed by atoms with Crippen molar-refractivity contribution in [1.29, 1.82) is 0 Å². The topological polar surface area (TPSA) is 45.3 Å². The largest absolute Gasteiger partial charge is 0.486 e. The molecule has 2 amide bonds. The van der Waals surface area contributed by atoms with Gasteiger partial charge in [0.05, 0.1) is 0 Å². The Morgan fingerprint density at radius 2 is 1.56 bits per heavy atom. The van der Waals surface area contributed by atoms with E-state index in [-0.39, 0.29) is 12.1 Å². The van der Waals surface area contributed by atoms with E-state index >= 15 is 0 Å². The van der Waals surface area contributed by atoms with Gasteiger partial charge in [-0.1, -0.05) is 42.5 Å². The quantitative estimate of drug-likeness (QED) is 0.662. The van der Waals surface area contributed by atoms with Crippen LogP contribution in [0.3, 0.4) is 0 Å². The lowest BCUT2D eigenvalue weighted by Gasteiger charge is -2.36. The summed E-state index contributed by atoms with van der Waals surface area (Å²) < 4.78 is 12.0. The van der Waals surface area contributed by atoms with Crippen LogP contribution in [0, 0.1) is 5.92 Å². The van der Waals surface area contributed by atoms with Gasteiger partial charge in [-0.15, -0.1) is 0 Å². The minimum absolute atomic E-state index is 0.0965. The van der Waals surface area contributed by atoms with Crippen molar-refractivity contribution < 1.29 is 14.3 Å². The minimum atomic E-state index is 0.0965. The Morgan fingerprint density at radius 1 is 0.844 bits per heavy atom. The standard InChI is InChI=1S/C26H33N3O3/c30-26-28(16-17-29(26)18-22-6-2-1-3-7-22)15-12-21-10-13-27(14-11-21)19-23-20-31-24-8-4-5-9-25(24)32-23/h1-9,21,23H,10-20H2. The van der Waals surface area contributed by atoms with E-state index in [0.717, 1.165) is 57.2 Å². The molecule has 0 radical (unpaired) electrons. The van der Waals surface area contributed by atoms with Gasteiger partial charge in [-0.25, -0.2) is 4.79 Å². The third-order valence-corrected chi connectivity index (χ3v) is 6.94. The van der Waals surface area contributed by atoms with Crippen molar-refractivity contribution in [2.45, 2.75) is 31.9 Å². The number of para-hydroxylation sites is 2. The maximum atomic E-state index is 12.8. The van der Waals surface area contributed by atoms with Gasteiger partial charge >= 0.3 is 6.03 Å². The molecule has 3 aliphatic heterocycles. The first-order valence-electron chi connectivity index (χ1n) is 11.9. The van der Waals surface area contributed by atoms with Crippen molar-refractivity contribution >= 4 is 6.03 Å². The zero-order valence-electron chi connectivity index (χ0n) is 18.7. The Morgan fingerprint density at radius 3 is 2.38 bits per heavy atom. The van der Waals surface area contributed by atoms with E-state index in [2.05, 4.69) is 17.0 Å². The Kier molecular flexibility index (Phi) is 6.49. The molecule has 170 valence electrons. The van der Waals surface area contributed by atoms with Crippen LogP contribution in [0.4, 0.5) is 4.79 Å². The second kappa shape index (κ2) is 9.82. The van der Waals surface area contributed by atoms with E-state index in [4.69, 9.17) is 9.47 Å². The Bertz CT molecular complexity index is 898. The van der Waals surface area contributed by atoms with E-state index in [9.17, 15) is 4.79 Å². The number of ether oxygens (including phenoxy) is 2. The summed E-state index contributed by atoms with van der Waals surface area (Å²) in [5.74, 6) is 2.41. The van der Waals surface area contributed by atoms with Crippen LogP contribution in [-0.4, -0.2) is 72.7 Å². The van der Waals surface area contributed by atoms with Crippen LogP contribution in [0.15, 0.2) is 54.6 Å². The van der Waals surface area contributed by atoms with Crippen molar-refractivity contribution in [3.05, 3.63) is 60.2 Å². The van der Waals surface area contributed by atoms with Crippen LogP contribution in [0.25, 0.3) is 0 Å². The average molecular weight is 436 g/mol. The fourth-order valence-electron chi connectivity index (χ4n) is 5.03. The zero-order chi connectivity index (χ0) is 21.8. The summed E-state index contributed by atoms with van der Waals surface area (Å²) in [6.07, 6.45) is 3.59. The first kappa shape index (κ1) is 21.1. The predicted octanol–water partition coefficient (Wildman–Crippen LogP) is 3.87. The van der Waals surface area contributed by atoms with Gasteiger partial charge < -0.3 is 19.3 Å². The molecule has 6 nitrogen and oxygen atoms in total. The molecule has 1 atom stereocenters. The van der Waals surface area contributed by atoms with Gasteiger partial charge in [0, 0.05) is 32.7 Å². The van der Waals surface area contributed by atoms with Gasteiger partial charge in [0.2, 0.25) is 0 Å². The summed E-state index contributed by atoms with van der Waals surface area (Å²) in [4.78, 5) is 19.3. The predicted molar refractivity (Wildman–Crippen MR) is 124 cm³/mol. The highest BCUT2D eigenvalue weighted by Gasteiger charge is 2.30. The number of amides is 2. The second-order valence-electron chi connectivity index (χ2n) is 9.21. The second-order valence-corrected chi connectivity index (χ2v) is 9.21. The molecule has 6 heteroatoms. The molecule has 3 aliphatic rings. The number of piperidine rings is 1. The maximum absolute atomic E-state index is 12.8. The number of carbonyl (C=O) groups is 1. The fraction of sp³-hybridized carbons (Fsp3) is 0.500. The number of fused-ring (bicyclic) bond motifs is 1. The molecule has 0 saturated carbocycles. The molecule has 32 heavy (non-hydrogen) atoms. The van der Waals surface area contributed by atoms with Gasteiger partial charge in [0.1, 0.15) is 12.7 Å². The molecule has 0 N–H and O–H groups in total. The lowest BCUT2D eigenvalue weighted by Crippen LogP contribution is -2.44. The summed E-state index contributed by atoms with van der Waals surface area (Å²) >= 11 is 0. The van der Waals surface area contributed by atoms with Crippen LogP contribution in [-0.2, 0) is 6.54 Å². The van der Waals surface area contributed by atoms with Crippen molar-refractivity contribution in [3.8, 4) is 11.5 Å². The molecule has 1 unspecified atom stereocenters. The van der Waals surface area contributed by atoms with E-state index in [1.165, 1.54) is 18.4 Å². The van der Waals surface area contributed by atoms with E-state index < -0.39 is 0 Å². The lowest BCUT2D eigenvalue weighted by atomic mass is 9.93. The Labute approximate surface area is 190 Å². The molecular formula is C26H33N3O3. The number of rotatable bonds is 7. The molecule has 0 aliphatic carbocycles. The number of likely N-dealkylation sites (tertiary alicyclic amines) is 1. The molecule has 3 heterocycles. The Hall–Kier alpha value is -2.73. The number of hydrogen-bond acceptors (Lipinski definition) is 4. The third kappa shape index (κ3) is 5.01. The zero-order valence-corrected chi connectivity index (χ0v) is 18.7. The molecule has 2 fully saturated rings. The number of benzene rings is 2. The molecule has 5 rings (SSSR count). The molecule has 2 aromatic carbocycles. The van der Waals surface area contributed by atoms with E-state index in [1.807, 2.05) is 52.3 Å². The number of urea groups is 1. The highest BCUT2D eigenvalue weighted by Crippen LogP contribution is 2.31. The molecular weight excluding hydrogens is 402 g/mol. The summed E-state index contributed by atoms with van der Waals surface area (Å²) in [7, 11) is 0. The summed E-state index contributed by atoms with van der Waals surface area (Å²) in [6.45, 7) is 7.01.